The molecule has 1 unspecified atom stereocenters. The van der Waals surface area contributed by atoms with Crippen molar-refractivity contribution in [3.63, 3.8) is 0 Å². The van der Waals surface area contributed by atoms with E-state index in [1.165, 1.54) is 0 Å². The van der Waals surface area contributed by atoms with Gasteiger partial charge >= 0.3 is 0 Å². The number of nitrogens with zero attached hydrogens (tertiary/aromatic N) is 2. The number of amidine groups is 1. The third kappa shape index (κ3) is 1.75. The molecule has 0 bridgehead atoms. The number of hydrogen-bond acceptors (Lipinski definition) is 2. The summed E-state index contributed by atoms with van der Waals surface area (Å²) in [6.07, 6.45) is 0. The lowest BCUT2D eigenvalue weighted by Gasteiger charge is -2.11. The van der Waals surface area contributed by atoms with E-state index in [1.807, 2.05) is 20.8 Å². The van der Waals surface area contributed by atoms with Gasteiger partial charge in [0.25, 0.3) is 0 Å². The molecule has 0 aliphatic rings. The highest BCUT2D eigenvalue weighted by Crippen LogP contribution is 2.22. The lowest BCUT2D eigenvalue weighted by Crippen LogP contribution is -2.24. The highest BCUT2D eigenvalue weighted by molar-refractivity contribution is 9.10. The molecule has 4 nitrogen and oxygen atoms in total. The zero-order chi connectivity index (χ0) is 10.2. The summed E-state index contributed by atoms with van der Waals surface area (Å²) in [5.41, 5.74) is 7.33. The van der Waals surface area contributed by atoms with Crippen molar-refractivity contribution in [3.05, 3.63) is 15.9 Å². The molecule has 0 amide bonds. The Morgan fingerprint density at radius 1 is 1.62 bits per heavy atom. The molecule has 1 atom stereocenters. The smallest absolute Gasteiger partial charge is 0.116 e. The van der Waals surface area contributed by atoms with E-state index in [0.29, 0.717) is 0 Å². The first-order valence-corrected chi connectivity index (χ1v) is 4.79. The van der Waals surface area contributed by atoms with Crippen LogP contribution in [0.1, 0.15) is 24.4 Å². The average Bonchev–Trinajstić information content (AvgIpc) is 2.31. The minimum absolute atomic E-state index is 0.123. The molecule has 0 radical (unpaired) electrons. The van der Waals surface area contributed by atoms with Gasteiger partial charge in [0.15, 0.2) is 0 Å². The molecular formula is C8H13BrN4. The van der Waals surface area contributed by atoms with Gasteiger partial charge in [0.1, 0.15) is 11.9 Å². The van der Waals surface area contributed by atoms with E-state index in [1.54, 1.807) is 4.68 Å². The first-order valence-electron chi connectivity index (χ1n) is 4.00. The van der Waals surface area contributed by atoms with Crippen LogP contribution in [-0.2, 0) is 0 Å². The van der Waals surface area contributed by atoms with Crippen molar-refractivity contribution in [2.75, 3.05) is 0 Å². The molecule has 1 rings (SSSR count). The monoisotopic (exact) mass is 244 g/mol. The molecule has 1 aromatic rings. The van der Waals surface area contributed by atoms with Crippen LogP contribution >= 0.6 is 15.9 Å². The molecule has 5 heteroatoms. The fraction of sp³-hybridized carbons (Fsp3) is 0.500. The van der Waals surface area contributed by atoms with Crippen molar-refractivity contribution in [2.24, 2.45) is 5.73 Å². The molecule has 0 spiro atoms. The van der Waals surface area contributed by atoms with Gasteiger partial charge in [-0.1, -0.05) is 0 Å². The van der Waals surface area contributed by atoms with Gasteiger partial charge in [-0.25, -0.2) is 0 Å². The first-order chi connectivity index (χ1) is 5.95. The van der Waals surface area contributed by atoms with Crippen LogP contribution < -0.4 is 5.73 Å². The summed E-state index contributed by atoms with van der Waals surface area (Å²) in [6, 6.07) is -0.176. The van der Waals surface area contributed by atoms with Gasteiger partial charge in [0.05, 0.1) is 15.9 Å². The molecular weight excluding hydrogens is 232 g/mol. The minimum Gasteiger partial charge on any atom is -0.386 e. The van der Waals surface area contributed by atoms with Crippen molar-refractivity contribution in [3.8, 4) is 0 Å². The SMILES string of the molecule is Cc1nn(C(C)C(=N)N)c(C)c1Br. The van der Waals surface area contributed by atoms with Crippen molar-refractivity contribution in [1.29, 1.82) is 5.41 Å². The third-order valence-electron chi connectivity index (χ3n) is 2.05. The predicted molar refractivity (Wildman–Crippen MR) is 56.0 cm³/mol. The molecule has 3 N–H and O–H groups in total. The maximum Gasteiger partial charge on any atom is 0.116 e. The number of aromatic nitrogens is 2. The van der Waals surface area contributed by atoms with Crippen molar-refractivity contribution in [1.82, 2.24) is 9.78 Å². The maximum atomic E-state index is 7.32. The second-order valence-corrected chi connectivity index (χ2v) is 3.85. The summed E-state index contributed by atoms with van der Waals surface area (Å²) in [4.78, 5) is 0. The number of hydrogen-bond donors (Lipinski definition) is 2. The molecule has 0 aromatic carbocycles. The van der Waals surface area contributed by atoms with Crippen LogP contribution in [0, 0.1) is 19.3 Å². The summed E-state index contributed by atoms with van der Waals surface area (Å²) < 4.78 is 2.74. The molecule has 13 heavy (non-hydrogen) atoms. The van der Waals surface area contributed by atoms with E-state index in [4.69, 9.17) is 11.1 Å². The van der Waals surface area contributed by atoms with Crippen molar-refractivity contribution < 1.29 is 0 Å². The molecule has 0 aliphatic heterocycles. The van der Waals surface area contributed by atoms with Gasteiger partial charge in [0, 0.05) is 0 Å². The average molecular weight is 245 g/mol. The van der Waals surface area contributed by atoms with Crippen LogP contribution in [0.25, 0.3) is 0 Å². The number of halogens is 1. The Morgan fingerprint density at radius 3 is 2.46 bits per heavy atom. The summed E-state index contributed by atoms with van der Waals surface area (Å²) in [5.74, 6) is 0.123. The summed E-state index contributed by atoms with van der Waals surface area (Å²) in [5, 5.41) is 11.6. The van der Waals surface area contributed by atoms with E-state index in [0.717, 1.165) is 15.9 Å². The predicted octanol–water partition coefficient (Wildman–Crippen LogP) is 1.76. The van der Waals surface area contributed by atoms with Gasteiger partial charge < -0.3 is 5.73 Å². The molecule has 0 saturated carbocycles. The fourth-order valence-corrected chi connectivity index (χ4v) is 1.41. The van der Waals surface area contributed by atoms with Crippen LogP contribution in [0.3, 0.4) is 0 Å². The van der Waals surface area contributed by atoms with Crippen molar-refractivity contribution >= 4 is 21.8 Å². The van der Waals surface area contributed by atoms with Crippen LogP contribution in [0.2, 0.25) is 0 Å². The van der Waals surface area contributed by atoms with E-state index >= 15 is 0 Å². The topological polar surface area (TPSA) is 67.7 Å². The van der Waals surface area contributed by atoms with E-state index in [2.05, 4.69) is 21.0 Å². The molecule has 0 saturated heterocycles. The van der Waals surface area contributed by atoms with Crippen molar-refractivity contribution in [2.45, 2.75) is 26.8 Å². The quantitative estimate of drug-likeness (QED) is 0.615. The van der Waals surface area contributed by atoms with Gasteiger partial charge in [-0.15, -0.1) is 0 Å². The zero-order valence-corrected chi connectivity index (χ0v) is 9.51. The summed E-state index contributed by atoms with van der Waals surface area (Å²) >= 11 is 3.42. The normalized spacial score (nSPS) is 12.9. The molecule has 0 fully saturated rings. The number of aryl methyl sites for hydroxylation is 1. The Morgan fingerprint density at radius 2 is 2.15 bits per heavy atom. The molecule has 0 aliphatic carbocycles. The number of nitrogens with two attached hydrogens (primary N) is 1. The fourth-order valence-electron chi connectivity index (χ4n) is 1.15. The van der Waals surface area contributed by atoms with Crippen LogP contribution in [0.15, 0.2) is 4.47 Å². The maximum absolute atomic E-state index is 7.32. The highest BCUT2D eigenvalue weighted by atomic mass is 79.9. The van der Waals surface area contributed by atoms with Crippen LogP contribution in [0.5, 0.6) is 0 Å². The molecule has 1 aromatic heterocycles. The summed E-state index contributed by atoms with van der Waals surface area (Å²) in [6.45, 7) is 5.72. The third-order valence-corrected chi connectivity index (χ3v) is 3.20. The summed E-state index contributed by atoms with van der Waals surface area (Å²) in [7, 11) is 0. The van der Waals surface area contributed by atoms with Crippen LogP contribution in [-0.4, -0.2) is 15.6 Å². The van der Waals surface area contributed by atoms with Gasteiger partial charge in [-0.2, -0.15) is 5.10 Å². The largest absolute Gasteiger partial charge is 0.386 e. The second kappa shape index (κ2) is 3.49. The Labute approximate surface area is 85.8 Å². The molecule has 1 heterocycles. The Balaban J connectivity index is 3.15. The van der Waals surface area contributed by atoms with E-state index in [9.17, 15) is 0 Å². The zero-order valence-electron chi connectivity index (χ0n) is 7.93. The highest BCUT2D eigenvalue weighted by Gasteiger charge is 2.15. The van der Waals surface area contributed by atoms with E-state index in [-0.39, 0.29) is 11.9 Å². The lowest BCUT2D eigenvalue weighted by molar-refractivity contribution is 0.581. The van der Waals surface area contributed by atoms with Gasteiger partial charge in [-0.05, 0) is 36.7 Å². The minimum atomic E-state index is -0.176. The second-order valence-electron chi connectivity index (χ2n) is 3.06. The standard InChI is InChI=1S/C8H13BrN4/c1-4-7(9)5(2)13(12-4)6(3)8(10)11/h6H,1-3H3,(H3,10,11). The number of rotatable bonds is 2. The number of nitrogens with one attached hydrogen (secondary N) is 1. The molecule has 72 valence electrons. The van der Waals surface area contributed by atoms with E-state index < -0.39 is 0 Å². The first kappa shape index (κ1) is 10.2. The lowest BCUT2D eigenvalue weighted by atomic mass is 10.3. The Kier molecular flexibility index (Phi) is 2.75. The Bertz CT molecular complexity index is 342. The Hall–Kier alpha value is -0.840. The van der Waals surface area contributed by atoms with Gasteiger partial charge in [-0.3, -0.25) is 10.1 Å². The van der Waals surface area contributed by atoms with Gasteiger partial charge in [0.2, 0.25) is 0 Å². The van der Waals surface area contributed by atoms with Crippen LogP contribution in [0.4, 0.5) is 0 Å².